The van der Waals surface area contributed by atoms with Crippen LogP contribution in [-0.2, 0) is 4.79 Å². The zero-order valence-corrected chi connectivity index (χ0v) is 15.7. The number of hydrogen-bond donors (Lipinski definition) is 0. The van der Waals surface area contributed by atoms with Gasteiger partial charge in [-0.3, -0.25) is 4.79 Å². The predicted molar refractivity (Wildman–Crippen MR) is 97.9 cm³/mol. The van der Waals surface area contributed by atoms with Crippen LogP contribution in [0.15, 0.2) is 18.2 Å². The Morgan fingerprint density at radius 1 is 1.04 bits per heavy atom. The zero-order chi connectivity index (χ0) is 18.4. The molecule has 138 valence electrons. The Morgan fingerprint density at radius 2 is 1.64 bits per heavy atom. The maximum atomic E-state index is 12.4. The molecule has 1 aliphatic rings. The molecule has 0 atom stereocenters. The van der Waals surface area contributed by atoms with Crippen LogP contribution in [0.3, 0.4) is 0 Å². The van der Waals surface area contributed by atoms with Gasteiger partial charge in [0.25, 0.3) is 5.91 Å². The molecule has 0 saturated carbocycles. The summed E-state index contributed by atoms with van der Waals surface area (Å²) in [4.78, 5) is 30.1. The molecule has 0 radical (unpaired) electrons. The second-order valence-electron chi connectivity index (χ2n) is 6.38. The van der Waals surface area contributed by atoms with Crippen molar-refractivity contribution in [2.75, 3.05) is 45.9 Å². The first kappa shape index (κ1) is 19.1. The van der Waals surface area contributed by atoms with E-state index in [4.69, 9.17) is 4.74 Å². The SMILES string of the molecule is CCN(CC)C(=O)N1CCN(C(=O)COc2ccc(C)cc2C)CC1. The Balaban J connectivity index is 1.82. The highest BCUT2D eigenvalue weighted by molar-refractivity contribution is 5.79. The third kappa shape index (κ3) is 4.87. The molecule has 1 aliphatic heterocycles. The van der Waals surface area contributed by atoms with Gasteiger partial charge in [-0.2, -0.15) is 0 Å². The van der Waals surface area contributed by atoms with Gasteiger partial charge in [0.15, 0.2) is 6.61 Å². The van der Waals surface area contributed by atoms with Gasteiger partial charge in [-0.1, -0.05) is 17.7 Å². The molecular formula is C19H29N3O3. The van der Waals surface area contributed by atoms with Crippen LogP contribution in [0.2, 0.25) is 0 Å². The van der Waals surface area contributed by atoms with Crippen molar-refractivity contribution >= 4 is 11.9 Å². The molecule has 1 heterocycles. The molecule has 25 heavy (non-hydrogen) atoms. The van der Waals surface area contributed by atoms with Crippen molar-refractivity contribution in [2.45, 2.75) is 27.7 Å². The number of urea groups is 1. The number of hydrogen-bond acceptors (Lipinski definition) is 3. The lowest BCUT2D eigenvalue weighted by atomic mass is 10.1. The van der Waals surface area contributed by atoms with E-state index in [0.29, 0.717) is 39.3 Å². The molecule has 0 aromatic heterocycles. The number of benzene rings is 1. The van der Waals surface area contributed by atoms with Crippen molar-refractivity contribution < 1.29 is 14.3 Å². The Kier molecular flexibility index (Phi) is 6.67. The summed E-state index contributed by atoms with van der Waals surface area (Å²) < 4.78 is 5.67. The molecule has 1 aromatic rings. The fraction of sp³-hybridized carbons (Fsp3) is 0.579. The van der Waals surface area contributed by atoms with Crippen LogP contribution < -0.4 is 4.74 Å². The number of aryl methyl sites for hydroxylation is 2. The first-order valence-corrected chi connectivity index (χ1v) is 8.98. The summed E-state index contributed by atoms with van der Waals surface area (Å²) >= 11 is 0. The van der Waals surface area contributed by atoms with Crippen LogP contribution in [0.25, 0.3) is 0 Å². The van der Waals surface area contributed by atoms with Crippen LogP contribution in [0, 0.1) is 13.8 Å². The maximum Gasteiger partial charge on any atom is 0.320 e. The molecule has 0 unspecified atom stereocenters. The maximum absolute atomic E-state index is 12.4. The summed E-state index contributed by atoms with van der Waals surface area (Å²) in [6.07, 6.45) is 0. The quantitative estimate of drug-likeness (QED) is 0.821. The van der Waals surface area contributed by atoms with Gasteiger partial charge in [-0.15, -0.1) is 0 Å². The molecule has 0 spiro atoms. The van der Waals surface area contributed by atoms with Crippen LogP contribution in [0.5, 0.6) is 5.75 Å². The fourth-order valence-corrected chi connectivity index (χ4v) is 3.03. The standard InChI is InChI=1S/C19H29N3O3/c1-5-20(6-2)19(24)22-11-9-21(10-12-22)18(23)14-25-17-8-7-15(3)13-16(17)4/h7-8,13H,5-6,9-12,14H2,1-4H3. The van der Waals surface area contributed by atoms with Crippen molar-refractivity contribution in [1.82, 2.24) is 14.7 Å². The van der Waals surface area contributed by atoms with Gasteiger partial charge < -0.3 is 19.4 Å². The van der Waals surface area contributed by atoms with Crippen molar-refractivity contribution in [3.8, 4) is 5.75 Å². The number of piperazine rings is 1. The summed E-state index contributed by atoms with van der Waals surface area (Å²) in [7, 11) is 0. The largest absolute Gasteiger partial charge is 0.484 e. The Hall–Kier alpha value is -2.24. The highest BCUT2D eigenvalue weighted by Gasteiger charge is 2.26. The van der Waals surface area contributed by atoms with Gasteiger partial charge in [0.2, 0.25) is 0 Å². The minimum absolute atomic E-state index is 0.0325. The van der Waals surface area contributed by atoms with Gasteiger partial charge >= 0.3 is 6.03 Å². The Bertz CT molecular complexity index is 606. The minimum atomic E-state index is -0.0325. The molecule has 6 nitrogen and oxygen atoms in total. The first-order valence-electron chi connectivity index (χ1n) is 8.98. The van der Waals surface area contributed by atoms with Gasteiger partial charge in [0.1, 0.15) is 5.75 Å². The fourth-order valence-electron chi connectivity index (χ4n) is 3.03. The van der Waals surface area contributed by atoms with E-state index in [9.17, 15) is 9.59 Å². The van der Waals surface area contributed by atoms with Crippen LogP contribution in [0.1, 0.15) is 25.0 Å². The summed E-state index contributed by atoms with van der Waals surface area (Å²) in [5, 5.41) is 0. The summed E-state index contributed by atoms with van der Waals surface area (Å²) in [5.74, 6) is 0.712. The highest BCUT2D eigenvalue weighted by Crippen LogP contribution is 2.18. The third-order valence-corrected chi connectivity index (χ3v) is 4.62. The smallest absolute Gasteiger partial charge is 0.320 e. The van der Waals surface area contributed by atoms with E-state index in [2.05, 4.69) is 0 Å². The van der Waals surface area contributed by atoms with Crippen LogP contribution >= 0.6 is 0 Å². The van der Waals surface area contributed by atoms with E-state index in [1.807, 2.05) is 50.8 Å². The number of carbonyl (C=O) groups is 2. The van der Waals surface area contributed by atoms with E-state index in [-0.39, 0.29) is 18.5 Å². The Labute approximate surface area is 150 Å². The summed E-state index contributed by atoms with van der Waals surface area (Å²) in [6.45, 7) is 11.7. The van der Waals surface area contributed by atoms with Crippen molar-refractivity contribution in [3.63, 3.8) is 0 Å². The highest BCUT2D eigenvalue weighted by atomic mass is 16.5. The molecule has 1 aromatic carbocycles. The molecule has 1 saturated heterocycles. The van der Waals surface area contributed by atoms with Crippen LogP contribution in [-0.4, -0.2) is 72.5 Å². The van der Waals surface area contributed by atoms with E-state index < -0.39 is 0 Å². The number of rotatable bonds is 5. The molecule has 6 heteroatoms. The zero-order valence-electron chi connectivity index (χ0n) is 15.7. The van der Waals surface area contributed by atoms with Gasteiger partial charge in [0, 0.05) is 39.3 Å². The van der Waals surface area contributed by atoms with Crippen molar-refractivity contribution in [2.24, 2.45) is 0 Å². The second kappa shape index (κ2) is 8.74. The normalized spacial score (nSPS) is 14.4. The van der Waals surface area contributed by atoms with E-state index in [1.54, 1.807) is 9.80 Å². The van der Waals surface area contributed by atoms with Crippen molar-refractivity contribution in [1.29, 1.82) is 0 Å². The van der Waals surface area contributed by atoms with Gasteiger partial charge in [0.05, 0.1) is 0 Å². The van der Waals surface area contributed by atoms with E-state index >= 15 is 0 Å². The minimum Gasteiger partial charge on any atom is -0.484 e. The lowest BCUT2D eigenvalue weighted by molar-refractivity contribution is -0.134. The molecule has 2 rings (SSSR count). The van der Waals surface area contributed by atoms with Gasteiger partial charge in [-0.05, 0) is 39.3 Å². The average molecular weight is 347 g/mol. The number of carbonyl (C=O) groups excluding carboxylic acids is 2. The van der Waals surface area contributed by atoms with Gasteiger partial charge in [-0.25, -0.2) is 4.79 Å². The number of amides is 3. The lowest BCUT2D eigenvalue weighted by Gasteiger charge is -2.37. The lowest BCUT2D eigenvalue weighted by Crippen LogP contribution is -2.54. The second-order valence-corrected chi connectivity index (χ2v) is 6.38. The monoisotopic (exact) mass is 347 g/mol. The Morgan fingerprint density at radius 3 is 2.20 bits per heavy atom. The van der Waals surface area contributed by atoms with E-state index in [1.165, 1.54) is 5.56 Å². The van der Waals surface area contributed by atoms with Crippen LogP contribution in [0.4, 0.5) is 4.79 Å². The third-order valence-electron chi connectivity index (χ3n) is 4.62. The van der Waals surface area contributed by atoms with Crippen molar-refractivity contribution in [3.05, 3.63) is 29.3 Å². The molecule has 0 N–H and O–H groups in total. The predicted octanol–water partition coefficient (Wildman–Crippen LogP) is 2.29. The summed E-state index contributed by atoms with van der Waals surface area (Å²) in [5.41, 5.74) is 2.20. The molecule has 3 amide bonds. The first-order chi connectivity index (χ1) is 12.0. The molecule has 0 bridgehead atoms. The van der Waals surface area contributed by atoms with E-state index in [0.717, 1.165) is 11.3 Å². The molecule has 0 aliphatic carbocycles. The topological polar surface area (TPSA) is 53.1 Å². The molecular weight excluding hydrogens is 318 g/mol. The number of nitrogens with zero attached hydrogens (tertiary/aromatic N) is 3. The summed E-state index contributed by atoms with van der Waals surface area (Å²) in [6, 6.07) is 5.98. The number of ether oxygens (including phenoxy) is 1. The molecule has 1 fully saturated rings. The average Bonchev–Trinajstić information content (AvgIpc) is 2.62.